The molecule has 11 heteroatoms. The van der Waals surface area contributed by atoms with Crippen LogP contribution in [0.3, 0.4) is 0 Å². The number of para-hydroxylation sites is 1. The van der Waals surface area contributed by atoms with E-state index in [1.807, 2.05) is 61.7 Å². The molecule has 3 aromatic carbocycles. The highest BCUT2D eigenvalue weighted by Crippen LogP contribution is 2.37. The molecular formula is C37H39ClN4O4SSi. The van der Waals surface area contributed by atoms with Gasteiger partial charge in [-0.3, -0.25) is 9.55 Å². The number of aryl methyl sites for hydroxylation is 1. The lowest BCUT2D eigenvalue weighted by Gasteiger charge is -2.19. The van der Waals surface area contributed by atoms with Crippen molar-refractivity contribution >= 4 is 40.4 Å². The van der Waals surface area contributed by atoms with Crippen molar-refractivity contribution in [3.05, 3.63) is 131 Å². The zero-order valence-electron chi connectivity index (χ0n) is 27.5. The monoisotopic (exact) mass is 698 g/mol. The summed E-state index contributed by atoms with van der Waals surface area (Å²) in [6.07, 6.45) is 2.22. The van der Waals surface area contributed by atoms with Crippen LogP contribution in [0.4, 0.5) is 0 Å². The molecule has 0 aliphatic heterocycles. The number of aliphatic hydroxyl groups is 1. The standard InChI is InChI=1S/C37H39ClN4O4SSi/c1-26-12-18-29(19-13-26)47(44,45)37-34(32-10-7-8-20-39-32)40-36(42(37)25-46-21-22-48(2,3)4)35(43)31-24-41(33-11-6-5-9-30(31)33)23-27-14-16-28(38)17-15-27/h5-20,24,35,43H,21-23,25H2,1-4H3. The largest absolute Gasteiger partial charge is 0.380 e. The third-order valence-corrected chi connectivity index (χ3v) is 12.1. The van der Waals surface area contributed by atoms with E-state index >= 15 is 0 Å². The van der Waals surface area contributed by atoms with E-state index in [1.165, 1.54) is 4.57 Å². The van der Waals surface area contributed by atoms with Gasteiger partial charge in [-0.15, -0.1) is 0 Å². The van der Waals surface area contributed by atoms with Crippen LogP contribution >= 0.6 is 11.6 Å². The fourth-order valence-electron chi connectivity index (χ4n) is 5.64. The lowest BCUT2D eigenvalue weighted by Crippen LogP contribution is -2.23. The van der Waals surface area contributed by atoms with E-state index in [0.717, 1.165) is 28.1 Å². The molecule has 3 aromatic heterocycles. The van der Waals surface area contributed by atoms with Gasteiger partial charge in [0.1, 0.15) is 24.4 Å². The van der Waals surface area contributed by atoms with Crippen molar-refractivity contribution in [2.75, 3.05) is 6.61 Å². The maximum absolute atomic E-state index is 14.5. The number of aliphatic hydroxyl groups excluding tert-OH is 1. The number of imidazole rings is 1. The maximum atomic E-state index is 14.5. The summed E-state index contributed by atoms with van der Waals surface area (Å²) in [7, 11) is -5.59. The molecular weight excluding hydrogens is 660 g/mol. The molecule has 6 aromatic rings. The van der Waals surface area contributed by atoms with Crippen LogP contribution in [0.2, 0.25) is 30.7 Å². The summed E-state index contributed by atoms with van der Waals surface area (Å²) >= 11 is 6.14. The Hall–Kier alpha value is -4.06. The number of sulfone groups is 1. The highest BCUT2D eigenvalue weighted by atomic mass is 35.5. The summed E-state index contributed by atoms with van der Waals surface area (Å²) in [5, 5.41) is 13.7. The van der Waals surface area contributed by atoms with Gasteiger partial charge in [-0.1, -0.05) is 85.3 Å². The summed E-state index contributed by atoms with van der Waals surface area (Å²) in [5.74, 6) is 0.156. The molecule has 0 aliphatic carbocycles. The third kappa shape index (κ3) is 7.18. The average Bonchev–Trinajstić information content (AvgIpc) is 3.64. The fraction of sp³-hybridized carbons (Fsp3) is 0.243. The number of hydrogen-bond donors (Lipinski definition) is 1. The van der Waals surface area contributed by atoms with E-state index in [0.29, 0.717) is 29.4 Å². The minimum atomic E-state index is -4.15. The van der Waals surface area contributed by atoms with Crippen molar-refractivity contribution in [1.82, 2.24) is 19.1 Å². The summed E-state index contributed by atoms with van der Waals surface area (Å²) < 4.78 is 38.8. The quantitative estimate of drug-likeness (QED) is 0.102. The lowest BCUT2D eigenvalue weighted by atomic mass is 10.1. The lowest BCUT2D eigenvalue weighted by molar-refractivity contribution is 0.0729. The van der Waals surface area contributed by atoms with E-state index in [9.17, 15) is 13.5 Å². The minimum absolute atomic E-state index is 0.0722. The number of rotatable bonds is 12. The average molecular weight is 699 g/mol. The SMILES string of the molecule is Cc1ccc(S(=O)(=O)c2c(-c3ccccn3)nc(C(O)c3cn(Cc4ccc(Cl)cc4)c4ccccc34)n2COCC[Si](C)(C)C)cc1. The molecule has 8 nitrogen and oxygen atoms in total. The number of hydrogen-bond acceptors (Lipinski definition) is 6. The van der Waals surface area contributed by atoms with Gasteiger partial charge in [0.15, 0.2) is 5.03 Å². The number of halogens is 1. The van der Waals surface area contributed by atoms with Crippen LogP contribution in [0.1, 0.15) is 28.6 Å². The number of ether oxygens (including phenoxy) is 1. The number of nitrogens with zero attached hydrogens (tertiary/aromatic N) is 4. The van der Waals surface area contributed by atoms with E-state index in [2.05, 4.69) is 29.2 Å². The third-order valence-electron chi connectivity index (χ3n) is 8.29. The number of aromatic nitrogens is 4. The molecule has 248 valence electrons. The Morgan fingerprint density at radius 3 is 2.33 bits per heavy atom. The van der Waals surface area contributed by atoms with Crippen LogP contribution in [0.5, 0.6) is 0 Å². The Morgan fingerprint density at radius 2 is 1.65 bits per heavy atom. The van der Waals surface area contributed by atoms with Gasteiger partial charge < -0.3 is 14.4 Å². The summed E-state index contributed by atoms with van der Waals surface area (Å²) in [4.78, 5) is 9.48. The van der Waals surface area contributed by atoms with Crippen LogP contribution in [0.25, 0.3) is 22.3 Å². The maximum Gasteiger partial charge on any atom is 0.224 e. The minimum Gasteiger partial charge on any atom is -0.380 e. The zero-order chi connectivity index (χ0) is 34.1. The Kier molecular flexibility index (Phi) is 9.73. The van der Waals surface area contributed by atoms with E-state index < -0.39 is 24.0 Å². The molecule has 1 N–H and O–H groups in total. The second kappa shape index (κ2) is 13.8. The van der Waals surface area contributed by atoms with Crippen molar-refractivity contribution in [2.45, 2.75) is 61.9 Å². The van der Waals surface area contributed by atoms with Crippen molar-refractivity contribution in [1.29, 1.82) is 0 Å². The molecule has 0 bridgehead atoms. The first-order valence-corrected chi connectivity index (χ1v) is 21.4. The Labute approximate surface area is 287 Å². The second-order valence-corrected chi connectivity index (χ2v) is 21.1. The van der Waals surface area contributed by atoms with Gasteiger partial charge in [0.05, 0.1) is 10.6 Å². The van der Waals surface area contributed by atoms with Crippen molar-refractivity contribution in [3.63, 3.8) is 0 Å². The first kappa shape index (κ1) is 33.8. The topological polar surface area (TPSA) is 99.2 Å². The Balaban J connectivity index is 1.53. The molecule has 0 aliphatic rings. The molecule has 0 spiro atoms. The van der Waals surface area contributed by atoms with Crippen LogP contribution in [-0.4, -0.2) is 47.3 Å². The molecule has 0 radical (unpaired) electrons. The summed E-state index contributed by atoms with van der Waals surface area (Å²) in [6.45, 7) is 9.57. The molecule has 1 atom stereocenters. The van der Waals surface area contributed by atoms with Gasteiger partial charge in [0.25, 0.3) is 0 Å². The van der Waals surface area contributed by atoms with Gasteiger partial charge in [0, 0.05) is 55.1 Å². The smallest absolute Gasteiger partial charge is 0.224 e. The molecule has 6 rings (SSSR count). The van der Waals surface area contributed by atoms with Gasteiger partial charge in [-0.05, 0) is 61.0 Å². The van der Waals surface area contributed by atoms with Crippen LogP contribution in [-0.2, 0) is 27.8 Å². The van der Waals surface area contributed by atoms with Gasteiger partial charge in [-0.2, -0.15) is 0 Å². The summed E-state index contributed by atoms with van der Waals surface area (Å²) in [6, 6.07) is 28.4. The predicted molar refractivity (Wildman–Crippen MR) is 193 cm³/mol. The molecule has 48 heavy (non-hydrogen) atoms. The number of benzene rings is 3. The fourth-order valence-corrected chi connectivity index (χ4v) is 8.08. The first-order valence-electron chi connectivity index (χ1n) is 15.8. The highest BCUT2D eigenvalue weighted by Gasteiger charge is 2.34. The van der Waals surface area contributed by atoms with Crippen molar-refractivity contribution in [2.24, 2.45) is 0 Å². The van der Waals surface area contributed by atoms with Crippen molar-refractivity contribution in [3.8, 4) is 11.4 Å². The molecule has 0 saturated heterocycles. The molecule has 0 amide bonds. The van der Waals surface area contributed by atoms with Crippen LogP contribution < -0.4 is 0 Å². The van der Waals surface area contributed by atoms with Gasteiger partial charge in [0.2, 0.25) is 9.84 Å². The van der Waals surface area contributed by atoms with Crippen LogP contribution in [0.15, 0.2) is 113 Å². The highest BCUT2D eigenvalue weighted by molar-refractivity contribution is 7.91. The van der Waals surface area contributed by atoms with Gasteiger partial charge >= 0.3 is 0 Å². The number of pyridine rings is 1. The van der Waals surface area contributed by atoms with E-state index in [-0.39, 0.29) is 28.2 Å². The molecule has 3 heterocycles. The second-order valence-electron chi connectivity index (χ2n) is 13.2. The summed E-state index contributed by atoms with van der Waals surface area (Å²) in [5.41, 5.74) is 4.03. The molecule has 0 fully saturated rings. The molecule has 1 unspecified atom stereocenters. The Bertz CT molecular complexity index is 2140. The van der Waals surface area contributed by atoms with Crippen molar-refractivity contribution < 1.29 is 18.3 Å². The van der Waals surface area contributed by atoms with Crippen LogP contribution in [0, 0.1) is 6.92 Å². The van der Waals surface area contributed by atoms with E-state index in [4.69, 9.17) is 21.3 Å². The van der Waals surface area contributed by atoms with Gasteiger partial charge in [-0.25, -0.2) is 13.4 Å². The zero-order valence-corrected chi connectivity index (χ0v) is 30.0. The normalized spacial score (nSPS) is 12.9. The van der Waals surface area contributed by atoms with E-state index in [1.54, 1.807) is 48.7 Å². The molecule has 0 saturated carbocycles. The number of fused-ring (bicyclic) bond motifs is 1. The Morgan fingerprint density at radius 1 is 0.938 bits per heavy atom. The predicted octanol–water partition coefficient (Wildman–Crippen LogP) is 8.14. The first-order chi connectivity index (χ1) is 22.9.